The summed E-state index contributed by atoms with van der Waals surface area (Å²) >= 11 is 0. The van der Waals surface area contributed by atoms with Crippen LogP contribution in [0.15, 0.2) is 24.3 Å². The van der Waals surface area contributed by atoms with Gasteiger partial charge in [0, 0.05) is 13.2 Å². The molecule has 0 fully saturated rings. The van der Waals surface area contributed by atoms with Gasteiger partial charge in [0.1, 0.15) is 0 Å². The average Bonchev–Trinajstić information content (AvgIpc) is 2.51. The molecule has 2 rings (SSSR count). The SMILES string of the molecule is CC1(C(=O)NCCCOCCO)CCCc2ccccc21. The van der Waals surface area contributed by atoms with Crippen molar-refractivity contribution in [2.75, 3.05) is 26.4 Å². The number of ether oxygens (including phenoxy) is 1. The molecular formula is C17H25NO3. The van der Waals surface area contributed by atoms with Gasteiger partial charge in [-0.05, 0) is 43.7 Å². The first-order valence-electron chi connectivity index (χ1n) is 7.74. The maximum atomic E-state index is 12.6. The molecule has 1 aromatic carbocycles. The normalized spacial score (nSPS) is 20.9. The molecule has 116 valence electrons. The Balaban J connectivity index is 1.90. The van der Waals surface area contributed by atoms with Gasteiger partial charge in [0.05, 0.1) is 18.6 Å². The third-order valence-corrected chi connectivity index (χ3v) is 4.22. The lowest BCUT2D eigenvalue weighted by atomic mass is 9.70. The number of fused-ring (bicyclic) bond motifs is 1. The van der Waals surface area contributed by atoms with Gasteiger partial charge >= 0.3 is 0 Å². The van der Waals surface area contributed by atoms with E-state index in [2.05, 4.69) is 17.4 Å². The summed E-state index contributed by atoms with van der Waals surface area (Å²) in [6.07, 6.45) is 3.79. The van der Waals surface area contributed by atoms with Gasteiger partial charge in [0.25, 0.3) is 0 Å². The van der Waals surface area contributed by atoms with Crippen LogP contribution in [0.4, 0.5) is 0 Å². The second-order valence-corrected chi connectivity index (χ2v) is 5.79. The van der Waals surface area contributed by atoms with Crippen molar-refractivity contribution < 1.29 is 14.6 Å². The molecule has 0 spiro atoms. The number of aliphatic hydroxyl groups is 1. The maximum Gasteiger partial charge on any atom is 0.230 e. The largest absolute Gasteiger partial charge is 0.394 e. The van der Waals surface area contributed by atoms with E-state index in [1.807, 2.05) is 19.1 Å². The van der Waals surface area contributed by atoms with Gasteiger partial charge in [-0.1, -0.05) is 24.3 Å². The number of amides is 1. The average molecular weight is 291 g/mol. The predicted octanol–water partition coefficient (Wildman–Crippen LogP) is 1.80. The van der Waals surface area contributed by atoms with Crippen molar-refractivity contribution in [2.45, 2.75) is 38.0 Å². The highest BCUT2D eigenvalue weighted by Gasteiger charge is 2.38. The van der Waals surface area contributed by atoms with E-state index in [0.29, 0.717) is 19.8 Å². The van der Waals surface area contributed by atoms with Crippen molar-refractivity contribution >= 4 is 5.91 Å². The first-order valence-corrected chi connectivity index (χ1v) is 7.74. The zero-order valence-corrected chi connectivity index (χ0v) is 12.7. The molecule has 4 heteroatoms. The number of rotatable bonds is 7. The summed E-state index contributed by atoms with van der Waals surface area (Å²) in [5.41, 5.74) is 2.05. The van der Waals surface area contributed by atoms with Crippen LogP contribution in [-0.4, -0.2) is 37.4 Å². The van der Waals surface area contributed by atoms with E-state index in [1.165, 1.54) is 11.1 Å². The molecule has 0 heterocycles. The molecule has 1 aromatic rings. The summed E-state index contributed by atoms with van der Waals surface area (Å²) in [4.78, 5) is 12.6. The highest BCUT2D eigenvalue weighted by molar-refractivity contribution is 5.88. The molecule has 0 bridgehead atoms. The summed E-state index contributed by atoms with van der Waals surface area (Å²) in [6, 6.07) is 8.26. The van der Waals surface area contributed by atoms with E-state index in [0.717, 1.165) is 25.7 Å². The van der Waals surface area contributed by atoms with Crippen LogP contribution in [0.3, 0.4) is 0 Å². The second kappa shape index (κ2) is 7.57. The molecule has 1 aliphatic carbocycles. The first-order chi connectivity index (χ1) is 10.2. The number of hydrogen-bond donors (Lipinski definition) is 2. The Morgan fingerprint density at radius 1 is 1.38 bits per heavy atom. The summed E-state index contributed by atoms with van der Waals surface area (Å²) in [7, 11) is 0. The molecule has 1 amide bonds. The van der Waals surface area contributed by atoms with Crippen LogP contribution in [0.2, 0.25) is 0 Å². The minimum atomic E-state index is -0.416. The van der Waals surface area contributed by atoms with Crippen LogP contribution in [-0.2, 0) is 21.4 Å². The minimum absolute atomic E-state index is 0.0429. The molecule has 0 radical (unpaired) electrons. The Kier molecular flexibility index (Phi) is 5.76. The van der Waals surface area contributed by atoms with Crippen LogP contribution in [0, 0.1) is 0 Å². The van der Waals surface area contributed by atoms with Crippen LogP contribution in [0.25, 0.3) is 0 Å². The lowest BCUT2D eigenvalue weighted by Gasteiger charge is -2.34. The Morgan fingerprint density at radius 3 is 3.00 bits per heavy atom. The van der Waals surface area contributed by atoms with Crippen molar-refractivity contribution in [1.29, 1.82) is 0 Å². The van der Waals surface area contributed by atoms with Crippen molar-refractivity contribution in [3.05, 3.63) is 35.4 Å². The summed E-state index contributed by atoms with van der Waals surface area (Å²) in [5, 5.41) is 11.6. The molecule has 0 aliphatic heterocycles. The Labute approximate surface area is 126 Å². The zero-order valence-electron chi connectivity index (χ0n) is 12.7. The standard InChI is InChI=1S/C17H25NO3/c1-17(16(20)18-10-5-12-21-13-11-19)9-4-7-14-6-2-3-8-15(14)17/h2-3,6,8,19H,4-5,7,9-13H2,1H3,(H,18,20). The molecular weight excluding hydrogens is 266 g/mol. The van der Waals surface area contributed by atoms with Gasteiger partial charge in [-0.2, -0.15) is 0 Å². The maximum absolute atomic E-state index is 12.6. The molecule has 21 heavy (non-hydrogen) atoms. The Morgan fingerprint density at radius 2 is 2.19 bits per heavy atom. The second-order valence-electron chi connectivity index (χ2n) is 5.79. The quantitative estimate of drug-likeness (QED) is 0.753. The molecule has 0 saturated heterocycles. The van der Waals surface area contributed by atoms with Crippen molar-refractivity contribution in [1.82, 2.24) is 5.32 Å². The van der Waals surface area contributed by atoms with Crippen LogP contribution in [0.5, 0.6) is 0 Å². The third-order valence-electron chi connectivity index (χ3n) is 4.22. The van der Waals surface area contributed by atoms with Crippen LogP contribution < -0.4 is 5.32 Å². The Bertz CT molecular complexity index is 475. The molecule has 4 nitrogen and oxygen atoms in total. The highest BCUT2D eigenvalue weighted by Crippen LogP contribution is 2.37. The molecule has 1 atom stereocenters. The van der Waals surface area contributed by atoms with Gasteiger partial charge in [-0.3, -0.25) is 4.79 Å². The molecule has 0 saturated carbocycles. The highest BCUT2D eigenvalue weighted by atomic mass is 16.5. The number of hydrogen-bond acceptors (Lipinski definition) is 3. The fraction of sp³-hybridized carbons (Fsp3) is 0.588. The Hall–Kier alpha value is -1.39. The lowest BCUT2D eigenvalue weighted by molar-refractivity contribution is -0.126. The molecule has 1 unspecified atom stereocenters. The van der Waals surface area contributed by atoms with E-state index in [9.17, 15) is 4.79 Å². The predicted molar refractivity (Wildman–Crippen MR) is 82.3 cm³/mol. The van der Waals surface area contributed by atoms with E-state index < -0.39 is 5.41 Å². The molecule has 1 aliphatic rings. The number of carbonyl (C=O) groups is 1. The first kappa shape index (κ1) is 16.0. The number of carbonyl (C=O) groups excluding carboxylic acids is 1. The van der Waals surface area contributed by atoms with Crippen molar-refractivity contribution in [3.8, 4) is 0 Å². The van der Waals surface area contributed by atoms with Gasteiger partial charge < -0.3 is 15.2 Å². The monoisotopic (exact) mass is 291 g/mol. The minimum Gasteiger partial charge on any atom is -0.394 e. The fourth-order valence-corrected chi connectivity index (χ4v) is 3.02. The molecule has 2 N–H and O–H groups in total. The number of nitrogens with one attached hydrogen (secondary N) is 1. The molecule has 0 aromatic heterocycles. The number of aryl methyl sites for hydroxylation is 1. The fourth-order valence-electron chi connectivity index (χ4n) is 3.02. The van der Waals surface area contributed by atoms with Crippen LogP contribution >= 0.6 is 0 Å². The van der Waals surface area contributed by atoms with E-state index in [-0.39, 0.29) is 12.5 Å². The summed E-state index contributed by atoms with van der Waals surface area (Å²) < 4.78 is 5.19. The van der Waals surface area contributed by atoms with Crippen molar-refractivity contribution in [2.24, 2.45) is 0 Å². The summed E-state index contributed by atoms with van der Waals surface area (Å²) in [6.45, 7) is 3.62. The smallest absolute Gasteiger partial charge is 0.230 e. The van der Waals surface area contributed by atoms with Gasteiger partial charge in [-0.25, -0.2) is 0 Å². The van der Waals surface area contributed by atoms with Crippen molar-refractivity contribution in [3.63, 3.8) is 0 Å². The van der Waals surface area contributed by atoms with E-state index in [4.69, 9.17) is 9.84 Å². The summed E-state index contributed by atoms with van der Waals surface area (Å²) in [5.74, 6) is 0.108. The van der Waals surface area contributed by atoms with Crippen LogP contribution in [0.1, 0.15) is 37.3 Å². The number of benzene rings is 1. The van der Waals surface area contributed by atoms with E-state index in [1.54, 1.807) is 0 Å². The third kappa shape index (κ3) is 3.83. The zero-order chi connectivity index (χ0) is 15.1. The van der Waals surface area contributed by atoms with Gasteiger partial charge in [0.15, 0.2) is 0 Å². The van der Waals surface area contributed by atoms with E-state index >= 15 is 0 Å². The topological polar surface area (TPSA) is 58.6 Å². The van der Waals surface area contributed by atoms with Gasteiger partial charge in [0.2, 0.25) is 5.91 Å². The number of aliphatic hydroxyl groups excluding tert-OH is 1. The lowest BCUT2D eigenvalue weighted by Crippen LogP contribution is -2.44. The van der Waals surface area contributed by atoms with Gasteiger partial charge in [-0.15, -0.1) is 0 Å².